The summed E-state index contributed by atoms with van der Waals surface area (Å²) in [6.45, 7) is 2.13. The van der Waals surface area contributed by atoms with Gasteiger partial charge in [-0.25, -0.2) is 14.8 Å². The molecule has 0 aromatic carbocycles. The Bertz CT molecular complexity index is 357. The molecule has 88 valence electrons. The number of anilines is 1. The van der Waals surface area contributed by atoms with E-state index in [0.29, 0.717) is 24.7 Å². The molecule has 1 unspecified atom stereocenters. The van der Waals surface area contributed by atoms with Crippen LogP contribution in [0.15, 0.2) is 12.3 Å². The van der Waals surface area contributed by atoms with Crippen molar-refractivity contribution in [1.82, 2.24) is 9.97 Å². The molecule has 0 amide bonds. The van der Waals surface area contributed by atoms with E-state index in [1.165, 1.54) is 7.11 Å². The van der Waals surface area contributed by atoms with Crippen LogP contribution in [0.2, 0.25) is 0 Å². The minimum atomic E-state index is -0.923. The van der Waals surface area contributed by atoms with E-state index in [9.17, 15) is 4.79 Å². The van der Waals surface area contributed by atoms with E-state index in [1.807, 2.05) is 0 Å². The number of ether oxygens (including phenoxy) is 1. The lowest BCUT2D eigenvalue weighted by atomic mass is 10.2. The number of aryl methyl sites for hydroxylation is 1. The number of carboxylic acid groups (broad SMARTS) is 1. The van der Waals surface area contributed by atoms with Crippen LogP contribution in [0.25, 0.3) is 0 Å². The number of aliphatic carboxylic acids is 1. The maximum atomic E-state index is 10.9. The fourth-order valence-corrected chi connectivity index (χ4v) is 1.21. The largest absolute Gasteiger partial charge is 0.480 e. The van der Waals surface area contributed by atoms with E-state index in [0.717, 1.165) is 0 Å². The normalized spacial score (nSPS) is 12.1. The van der Waals surface area contributed by atoms with Gasteiger partial charge in [0.05, 0.1) is 0 Å². The Morgan fingerprint density at radius 3 is 3.00 bits per heavy atom. The molecule has 0 aliphatic rings. The zero-order valence-electron chi connectivity index (χ0n) is 9.30. The van der Waals surface area contributed by atoms with Crippen molar-refractivity contribution < 1.29 is 14.6 Å². The highest BCUT2D eigenvalue weighted by molar-refractivity contribution is 5.76. The molecule has 1 aromatic rings. The molecule has 0 aliphatic heterocycles. The van der Waals surface area contributed by atoms with Crippen molar-refractivity contribution in [3.05, 3.63) is 18.1 Å². The Balaban J connectivity index is 2.64. The predicted molar refractivity (Wildman–Crippen MR) is 58.3 cm³/mol. The molecule has 1 heterocycles. The average Bonchev–Trinajstić information content (AvgIpc) is 2.24. The third-order valence-electron chi connectivity index (χ3n) is 2.01. The third kappa shape index (κ3) is 3.82. The Morgan fingerprint density at radius 1 is 1.69 bits per heavy atom. The van der Waals surface area contributed by atoms with E-state index < -0.39 is 12.0 Å². The van der Waals surface area contributed by atoms with Gasteiger partial charge in [0.2, 0.25) is 0 Å². The van der Waals surface area contributed by atoms with E-state index in [1.54, 1.807) is 19.2 Å². The molecule has 6 nitrogen and oxygen atoms in total. The van der Waals surface area contributed by atoms with Crippen LogP contribution in [0.3, 0.4) is 0 Å². The quantitative estimate of drug-likeness (QED) is 0.740. The lowest BCUT2D eigenvalue weighted by Crippen LogP contribution is -2.30. The molecule has 0 fully saturated rings. The van der Waals surface area contributed by atoms with Crippen LogP contribution in [0.1, 0.15) is 12.2 Å². The summed E-state index contributed by atoms with van der Waals surface area (Å²) in [7, 11) is 1.54. The Kier molecular flexibility index (Phi) is 4.65. The minimum Gasteiger partial charge on any atom is -0.480 e. The zero-order chi connectivity index (χ0) is 12.0. The monoisotopic (exact) mass is 225 g/mol. The van der Waals surface area contributed by atoms with Crippen LogP contribution in [0.4, 0.5) is 5.82 Å². The third-order valence-corrected chi connectivity index (χ3v) is 2.01. The van der Waals surface area contributed by atoms with Gasteiger partial charge >= 0.3 is 5.97 Å². The zero-order valence-corrected chi connectivity index (χ0v) is 9.30. The Hall–Kier alpha value is -1.69. The van der Waals surface area contributed by atoms with Gasteiger partial charge in [-0.2, -0.15) is 0 Å². The highest BCUT2D eigenvalue weighted by Gasteiger charge is 2.17. The number of hydrogen-bond acceptors (Lipinski definition) is 5. The lowest BCUT2D eigenvalue weighted by molar-refractivity contribution is -0.138. The van der Waals surface area contributed by atoms with E-state index in [-0.39, 0.29) is 0 Å². The lowest BCUT2D eigenvalue weighted by Gasteiger charge is -2.14. The van der Waals surface area contributed by atoms with Crippen molar-refractivity contribution in [2.45, 2.75) is 19.4 Å². The van der Waals surface area contributed by atoms with Crippen molar-refractivity contribution in [3.63, 3.8) is 0 Å². The molecule has 0 saturated carbocycles. The number of methoxy groups -OCH3 is 1. The molecule has 6 heteroatoms. The van der Waals surface area contributed by atoms with Gasteiger partial charge in [0.15, 0.2) is 0 Å². The first-order valence-corrected chi connectivity index (χ1v) is 4.91. The molecular weight excluding hydrogens is 210 g/mol. The second kappa shape index (κ2) is 6.02. The van der Waals surface area contributed by atoms with Crippen molar-refractivity contribution >= 4 is 11.8 Å². The van der Waals surface area contributed by atoms with E-state index in [4.69, 9.17) is 9.84 Å². The molecule has 1 rings (SSSR count). The second-order valence-corrected chi connectivity index (χ2v) is 3.31. The number of nitrogens with one attached hydrogen (secondary N) is 1. The van der Waals surface area contributed by atoms with Gasteiger partial charge < -0.3 is 15.2 Å². The molecular formula is C10H15N3O3. The van der Waals surface area contributed by atoms with Gasteiger partial charge in [-0.15, -0.1) is 0 Å². The van der Waals surface area contributed by atoms with Crippen molar-refractivity contribution in [2.24, 2.45) is 0 Å². The first-order valence-electron chi connectivity index (χ1n) is 4.91. The van der Waals surface area contributed by atoms with Crippen molar-refractivity contribution in [2.75, 3.05) is 19.0 Å². The number of aromatic nitrogens is 2. The van der Waals surface area contributed by atoms with Crippen LogP contribution < -0.4 is 5.32 Å². The number of carbonyl (C=O) groups is 1. The van der Waals surface area contributed by atoms with Crippen LogP contribution >= 0.6 is 0 Å². The topological polar surface area (TPSA) is 84.3 Å². The second-order valence-electron chi connectivity index (χ2n) is 3.31. The molecule has 0 aliphatic carbocycles. The van der Waals surface area contributed by atoms with Crippen molar-refractivity contribution in [3.8, 4) is 0 Å². The summed E-state index contributed by atoms with van der Waals surface area (Å²) in [6, 6.07) is 0.935. The van der Waals surface area contributed by atoms with Crippen LogP contribution in [0.5, 0.6) is 0 Å². The van der Waals surface area contributed by atoms with Gasteiger partial charge in [-0.1, -0.05) is 0 Å². The van der Waals surface area contributed by atoms with E-state index >= 15 is 0 Å². The summed E-state index contributed by atoms with van der Waals surface area (Å²) >= 11 is 0. The van der Waals surface area contributed by atoms with Crippen LogP contribution in [-0.4, -0.2) is 40.8 Å². The molecule has 16 heavy (non-hydrogen) atoms. The summed E-state index contributed by atoms with van der Waals surface area (Å²) in [4.78, 5) is 18.9. The number of hydrogen-bond donors (Lipinski definition) is 2. The fraction of sp³-hybridized carbons (Fsp3) is 0.500. The van der Waals surface area contributed by atoms with Crippen LogP contribution in [0, 0.1) is 6.92 Å². The highest BCUT2D eigenvalue weighted by atomic mass is 16.5. The first kappa shape index (κ1) is 12.4. The minimum absolute atomic E-state index is 0.383. The van der Waals surface area contributed by atoms with Gasteiger partial charge in [0.25, 0.3) is 0 Å². The maximum absolute atomic E-state index is 10.9. The van der Waals surface area contributed by atoms with E-state index in [2.05, 4.69) is 15.3 Å². The predicted octanol–water partition coefficient (Wildman–Crippen LogP) is 0.687. The van der Waals surface area contributed by atoms with Gasteiger partial charge in [0, 0.05) is 26.3 Å². The van der Waals surface area contributed by atoms with Gasteiger partial charge in [0.1, 0.15) is 17.7 Å². The molecule has 1 aromatic heterocycles. The number of carboxylic acids is 1. The number of nitrogens with zero attached hydrogens (tertiary/aromatic N) is 2. The van der Waals surface area contributed by atoms with Gasteiger partial charge in [-0.05, 0) is 13.0 Å². The highest BCUT2D eigenvalue weighted by Crippen LogP contribution is 2.06. The maximum Gasteiger partial charge on any atom is 0.326 e. The standard InChI is InChI=1S/C10H15N3O3/c1-7-11-5-3-9(12-7)13-8(10(14)15)4-6-16-2/h3,5,8H,4,6H2,1-2H3,(H,14,15)(H,11,12,13). The summed E-state index contributed by atoms with van der Waals surface area (Å²) < 4.78 is 4.85. The smallest absolute Gasteiger partial charge is 0.326 e. The fourth-order valence-electron chi connectivity index (χ4n) is 1.21. The number of rotatable bonds is 6. The summed E-state index contributed by atoms with van der Waals surface area (Å²) in [5, 5.41) is 11.8. The Morgan fingerprint density at radius 2 is 2.44 bits per heavy atom. The molecule has 0 saturated heterocycles. The molecule has 0 bridgehead atoms. The molecule has 2 N–H and O–H groups in total. The van der Waals surface area contributed by atoms with Crippen molar-refractivity contribution in [1.29, 1.82) is 0 Å². The van der Waals surface area contributed by atoms with Gasteiger partial charge in [-0.3, -0.25) is 0 Å². The summed E-state index contributed by atoms with van der Waals surface area (Å²) in [5.41, 5.74) is 0. The summed E-state index contributed by atoms with van der Waals surface area (Å²) in [6.07, 6.45) is 1.97. The average molecular weight is 225 g/mol. The molecule has 0 spiro atoms. The molecule has 1 atom stereocenters. The molecule has 0 radical (unpaired) electrons. The first-order chi connectivity index (χ1) is 7.63. The van der Waals surface area contributed by atoms with Crippen LogP contribution in [-0.2, 0) is 9.53 Å². The Labute approximate surface area is 93.7 Å². The SMILES string of the molecule is COCCC(Nc1ccnc(C)n1)C(=O)O. The summed E-state index contributed by atoms with van der Waals surface area (Å²) in [5.74, 6) is 0.185.